The van der Waals surface area contributed by atoms with Gasteiger partial charge in [0.15, 0.2) is 0 Å². The van der Waals surface area contributed by atoms with E-state index in [1.165, 1.54) is 0 Å². The van der Waals surface area contributed by atoms with Crippen LogP contribution < -0.4 is 104 Å². The van der Waals surface area contributed by atoms with Crippen LogP contribution in [0.4, 0.5) is 0 Å². The van der Waals surface area contributed by atoms with Gasteiger partial charge in [0, 0.05) is 0 Å². The maximum atomic E-state index is 11.4. The minimum atomic E-state index is -2.87. The minimum Gasteiger partial charge on any atom is -0.626 e. The zero-order valence-electron chi connectivity index (χ0n) is 23.7. The molecule has 45 heavy (non-hydrogen) atoms. The molecule has 0 aliphatic rings. The molecule has 33 heteroatoms. The van der Waals surface area contributed by atoms with Gasteiger partial charge in [0.1, 0.15) is 19.6 Å². The van der Waals surface area contributed by atoms with Gasteiger partial charge in [0.25, 0.3) is 0 Å². The number of carbonyl (C=O) groups excluding carboxylic acids is 3. The average Bonchev–Trinajstić information content (AvgIpc) is 2.61. The van der Waals surface area contributed by atoms with E-state index in [1.54, 1.807) is 0 Å². The summed E-state index contributed by atoms with van der Waals surface area (Å²) in [7, 11) is -17.2. The Morgan fingerprint density at radius 3 is 0.578 bits per heavy atom. The van der Waals surface area contributed by atoms with Crippen molar-refractivity contribution in [3.63, 3.8) is 0 Å². The molecule has 0 amide bonds. The first-order valence-corrected chi connectivity index (χ1v) is 18.3. The number of nitrogens with zero attached hydrogens (tertiary/aromatic N) is 3. The Morgan fingerprint density at radius 1 is 0.400 bits per heavy atom. The monoisotopic (exact) mass is 801 g/mol. The summed E-state index contributed by atoms with van der Waals surface area (Å²) < 4.78 is 56.7. The largest absolute Gasteiger partial charge is 1.00 e. The summed E-state index contributed by atoms with van der Waals surface area (Å²) in [5, 5.41) is 64.4. The molecule has 0 radical (unpaired) electrons. The summed E-state index contributed by atoms with van der Waals surface area (Å²) in [6.45, 7) is -3.37. The molecule has 0 bridgehead atoms. The van der Waals surface area contributed by atoms with E-state index in [4.69, 9.17) is 29.4 Å². The minimum absolute atomic E-state index is 0. The van der Waals surface area contributed by atoms with Crippen molar-refractivity contribution in [2.24, 2.45) is 0 Å². The Bertz CT molecular complexity index is 821. The first kappa shape index (κ1) is 58.7. The molecule has 0 spiro atoms. The normalized spacial score (nSPS) is 15.9. The summed E-state index contributed by atoms with van der Waals surface area (Å²) in [6, 6.07) is 0. The Morgan fingerprint density at radius 2 is 0.511 bits per heavy atom. The predicted molar refractivity (Wildman–Crippen MR) is 129 cm³/mol. The average molecular weight is 801 g/mol. The van der Waals surface area contributed by atoms with Crippen LogP contribution >= 0.6 is 48.2 Å². The molecule has 0 aliphatic heterocycles. The van der Waals surface area contributed by atoms with Crippen LogP contribution in [0.15, 0.2) is 0 Å². The molecule has 0 aromatic carbocycles. The quantitative estimate of drug-likeness (QED) is 0.0324. The van der Waals surface area contributed by atoms with Gasteiger partial charge in [-0.15, -0.1) is 0 Å². The molecule has 24 nitrogen and oxygen atoms in total. The summed E-state index contributed by atoms with van der Waals surface area (Å²) >= 11 is 0. The SMILES string of the molecule is O=C([O-])C[N+]([O-])(C[P+](=O)O)C[P+](=O)O.O=C([O-])C[N+]([O-])(C[P+](=O)O)C[P+](=O)O.O=C([O-])C[N+]([O-])(C[P+](=O)O)C[P+](=O)O.[Na+].[Na+].[Na+]. The van der Waals surface area contributed by atoms with Gasteiger partial charge in [-0.1, -0.05) is 0 Å². The number of carboxylic acids is 3. The Hall–Kier alpha value is 1.53. The molecule has 6 unspecified atom stereocenters. The third-order valence-corrected chi connectivity index (χ3v) is 8.07. The maximum absolute atomic E-state index is 11.4. The summed E-state index contributed by atoms with van der Waals surface area (Å²) in [4.78, 5) is 80.8. The van der Waals surface area contributed by atoms with Crippen LogP contribution in [0.25, 0.3) is 0 Å². The van der Waals surface area contributed by atoms with Gasteiger partial charge in [-0.3, -0.25) is 13.9 Å². The van der Waals surface area contributed by atoms with Gasteiger partial charge in [-0.05, 0) is 27.4 Å². The number of hydroxylamine groups is 9. The molecule has 0 heterocycles. The molecule has 0 rings (SSSR count). The van der Waals surface area contributed by atoms with Crippen molar-refractivity contribution in [3.8, 4) is 0 Å². The van der Waals surface area contributed by atoms with Crippen molar-refractivity contribution in [3.05, 3.63) is 15.6 Å². The zero-order valence-corrected chi connectivity index (χ0v) is 35.1. The zero-order chi connectivity index (χ0) is 34.1. The fraction of sp³-hybridized carbons (Fsp3) is 0.750. The van der Waals surface area contributed by atoms with Crippen LogP contribution in [0.2, 0.25) is 0 Å². The van der Waals surface area contributed by atoms with Crippen LogP contribution in [0, 0.1) is 15.6 Å². The molecule has 0 saturated carbocycles. The smallest absolute Gasteiger partial charge is 0.626 e. The molecule has 0 saturated heterocycles. The second-order valence-corrected chi connectivity index (χ2v) is 13.6. The van der Waals surface area contributed by atoms with E-state index in [0.29, 0.717) is 0 Å². The van der Waals surface area contributed by atoms with E-state index >= 15 is 0 Å². The number of aliphatic carboxylic acids is 3. The van der Waals surface area contributed by atoms with E-state index in [2.05, 4.69) is 0 Å². The van der Waals surface area contributed by atoms with Crippen molar-refractivity contribution < 1.29 is 189 Å². The molecule has 6 N–H and O–H groups in total. The molecule has 0 aromatic rings. The molecule has 0 aliphatic carbocycles. The van der Waals surface area contributed by atoms with Crippen molar-refractivity contribution in [2.45, 2.75) is 0 Å². The number of hydrogen-bond acceptors (Lipinski definition) is 15. The standard InChI is InChI=1S/3C4H7NO7P2.3Na/c3*6-4(7)1-5(8,2-13(9)10)3-14(11)12;;;/h3*1-3H2,(H-2,6,7,9,10,11,12);;;/q;;;3*+1/p+3. The Kier molecular flexibility index (Phi) is 38.2. The van der Waals surface area contributed by atoms with Crippen molar-refractivity contribution in [1.82, 2.24) is 0 Å². The van der Waals surface area contributed by atoms with Crippen molar-refractivity contribution in [2.75, 3.05) is 57.3 Å². The Balaban J connectivity index is -0.000000123. The van der Waals surface area contributed by atoms with Gasteiger partial charge >= 0.3 is 175 Å². The fourth-order valence-electron chi connectivity index (χ4n) is 2.46. The van der Waals surface area contributed by atoms with E-state index in [-0.39, 0.29) is 88.7 Å². The first-order valence-electron chi connectivity index (χ1n) is 9.87. The van der Waals surface area contributed by atoms with E-state index < -0.39 is 137 Å². The van der Waals surface area contributed by atoms with Crippen LogP contribution in [-0.2, 0) is 41.8 Å². The number of quaternary nitrogens is 3. The van der Waals surface area contributed by atoms with Crippen LogP contribution in [0.5, 0.6) is 0 Å². The molecule has 6 atom stereocenters. The number of rotatable bonds is 18. The molecular weight excluding hydrogens is 777 g/mol. The van der Waals surface area contributed by atoms with Gasteiger partial charge in [-0.2, -0.15) is 29.4 Å². The van der Waals surface area contributed by atoms with Gasteiger partial charge in [-0.25, -0.2) is 0 Å². The maximum Gasteiger partial charge on any atom is 1.00 e. The van der Waals surface area contributed by atoms with Crippen LogP contribution in [-0.4, -0.2) is 119 Å². The van der Waals surface area contributed by atoms with Gasteiger partial charge in [0.2, 0.25) is 0 Å². The fourth-order valence-corrected chi connectivity index (χ4v) is 6.78. The van der Waals surface area contributed by atoms with Crippen LogP contribution in [0.3, 0.4) is 0 Å². The molecule has 240 valence electrons. The number of carbonyl (C=O) groups is 3. The second-order valence-electron chi connectivity index (χ2n) is 7.73. The molecular formula is C12H24N3Na3O21P6+6. The third kappa shape index (κ3) is 39.8. The molecule has 0 fully saturated rings. The topological polar surface area (TPSA) is 413 Å². The summed E-state index contributed by atoms with van der Waals surface area (Å²) in [5.41, 5.74) is 0. The number of hydrogen-bond donors (Lipinski definition) is 6. The van der Waals surface area contributed by atoms with Crippen molar-refractivity contribution >= 4 is 66.1 Å². The van der Waals surface area contributed by atoms with Crippen molar-refractivity contribution in [1.29, 1.82) is 0 Å². The van der Waals surface area contributed by atoms with E-state index in [0.717, 1.165) is 0 Å². The predicted octanol–water partition coefficient (Wildman–Crippen LogP) is -13.7. The first-order chi connectivity index (χ1) is 18.7. The summed E-state index contributed by atoms with van der Waals surface area (Å²) in [6.07, 6.45) is -5.64. The van der Waals surface area contributed by atoms with E-state index in [1.807, 2.05) is 0 Å². The number of carboxylic acid groups (broad SMARTS) is 3. The third-order valence-electron chi connectivity index (χ3n) is 3.52. The summed E-state index contributed by atoms with van der Waals surface area (Å²) in [5.74, 6) is -5.23. The van der Waals surface area contributed by atoms with Gasteiger partial charge < -0.3 is 45.3 Å². The van der Waals surface area contributed by atoms with Crippen LogP contribution in [0.1, 0.15) is 0 Å². The van der Waals surface area contributed by atoms with Gasteiger partial charge in [0.05, 0.1) is 17.9 Å². The van der Waals surface area contributed by atoms with E-state index in [9.17, 15) is 72.7 Å². The second kappa shape index (κ2) is 29.3. The Labute approximate surface area is 325 Å². The molecule has 0 aromatic heterocycles.